The zero-order valence-corrected chi connectivity index (χ0v) is 24.3. The first kappa shape index (κ1) is 28.8. The van der Waals surface area contributed by atoms with E-state index in [0.717, 1.165) is 10.2 Å². The van der Waals surface area contributed by atoms with Crippen LogP contribution in [0.3, 0.4) is 0 Å². The third-order valence-corrected chi connectivity index (χ3v) is 9.16. The van der Waals surface area contributed by atoms with Gasteiger partial charge in [-0.05, 0) is 49.4 Å². The highest BCUT2D eigenvalue weighted by atomic mass is 32.2. The summed E-state index contributed by atoms with van der Waals surface area (Å²) < 4.78 is 6.74. The Morgan fingerprint density at radius 2 is 1.95 bits per heavy atom. The lowest BCUT2D eigenvalue weighted by molar-refractivity contribution is -0.176. The predicted molar refractivity (Wildman–Crippen MR) is 153 cm³/mol. The van der Waals surface area contributed by atoms with Gasteiger partial charge in [0, 0.05) is 19.4 Å². The first-order valence-corrected chi connectivity index (χ1v) is 15.2. The SMILES string of the molecule is CC(C)CC(=O)C(NC(=O)[C@@H]1CCCN2C(=O)CCC(NC(=O)c3ccco3)C(=O)N12)Sc1nc2ccccc2s1. The fourth-order valence-electron chi connectivity index (χ4n) is 4.96. The number of benzene rings is 1. The number of thiazole rings is 1. The van der Waals surface area contributed by atoms with E-state index >= 15 is 0 Å². The smallest absolute Gasteiger partial charge is 0.287 e. The van der Waals surface area contributed by atoms with Crippen LogP contribution in [0.5, 0.6) is 0 Å². The molecule has 5 rings (SSSR count). The van der Waals surface area contributed by atoms with E-state index < -0.39 is 35.2 Å². The summed E-state index contributed by atoms with van der Waals surface area (Å²) in [5.74, 6) is -2.03. The molecule has 0 radical (unpaired) electrons. The van der Waals surface area contributed by atoms with Gasteiger partial charge in [-0.1, -0.05) is 37.7 Å². The van der Waals surface area contributed by atoms with Gasteiger partial charge in [0.1, 0.15) is 17.5 Å². The van der Waals surface area contributed by atoms with Gasteiger partial charge in [-0.25, -0.2) is 9.99 Å². The number of ketones is 1. The summed E-state index contributed by atoms with van der Waals surface area (Å²) in [6.45, 7) is 4.14. The number of fused-ring (bicyclic) bond motifs is 2. The summed E-state index contributed by atoms with van der Waals surface area (Å²) in [7, 11) is 0. The number of para-hydroxylation sites is 1. The van der Waals surface area contributed by atoms with E-state index in [4.69, 9.17) is 4.42 Å². The minimum atomic E-state index is -1.02. The van der Waals surface area contributed by atoms with E-state index in [1.165, 1.54) is 45.4 Å². The molecule has 3 atom stereocenters. The van der Waals surface area contributed by atoms with E-state index in [9.17, 15) is 24.0 Å². The summed E-state index contributed by atoms with van der Waals surface area (Å²) in [5, 5.41) is 7.07. The molecule has 0 aliphatic carbocycles. The average molecular weight is 598 g/mol. The van der Waals surface area contributed by atoms with Gasteiger partial charge in [-0.2, -0.15) is 0 Å². The van der Waals surface area contributed by atoms with Crippen molar-refractivity contribution in [1.82, 2.24) is 25.6 Å². The van der Waals surface area contributed by atoms with Crippen LogP contribution in [0.2, 0.25) is 0 Å². The zero-order valence-electron chi connectivity index (χ0n) is 22.7. The maximum atomic E-state index is 13.8. The first-order valence-electron chi connectivity index (χ1n) is 13.5. The number of nitrogens with zero attached hydrogens (tertiary/aromatic N) is 3. The van der Waals surface area contributed by atoms with Crippen molar-refractivity contribution in [3.8, 4) is 0 Å². The molecule has 4 heterocycles. The van der Waals surface area contributed by atoms with Gasteiger partial charge in [0.05, 0.1) is 16.5 Å². The van der Waals surface area contributed by atoms with Gasteiger partial charge in [-0.15, -0.1) is 11.3 Å². The third kappa shape index (κ3) is 6.46. The molecule has 3 aromatic rings. The Labute approximate surface area is 245 Å². The lowest BCUT2D eigenvalue weighted by Gasteiger charge is -2.43. The first-order chi connectivity index (χ1) is 19.7. The van der Waals surface area contributed by atoms with Gasteiger partial charge >= 0.3 is 0 Å². The molecule has 41 heavy (non-hydrogen) atoms. The predicted octanol–water partition coefficient (Wildman–Crippen LogP) is 3.37. The molecule has 1 aromatic carbocycles. The molecular weight excluding hydrogens is 566 g/mol. The molecule has 2 N–H and O–H groups in total. The molecule has 2 fully saturated rings. The normalized spacial score (nSPS) is 20.1. The number of amides is 4. The second-order valence-corrected chi connectivity index (χ2v) is 12.8. The monoisotopic (exact) mass is 597 g/mol. The van der Waals surface area contributed by atoms with Crippen molar-refractivity contribution in [2.45, 2.75) is 67.7 Å². The molecule has 0 saturated carbocycles. The zero-order chi connectivity index (χ0) is 29.1. The molecular formula is C28H31N5O6S2. The van der Waals surface area contributed by atoms with E-state index in [1.807, 2.05) is 38.1 Å². The number of nitrogens with one attached hydrogen (secondary N) is 2. The van der Waals surface area contributed by atoms with E-state index in [2.05, 4.69) is 15.6 Å². The van der Waals surface area contributed by atoms with Crippen molar-refractivity contribution in [3.05, 3.63) is 48.4 Å². The third-order valence-electron chi connectivity index (χ3n) is 6.88. The molecule has 2 aliphatic rings. The Kier molecular flexibility index (Phi) is 8.74. The largest absolute Gasteiger partial charge is 0.459 e. The lowest BCUT2D eigenvalue weighted by atomic mass is 10.0. The standard InChI is InChI=1S/C28H31N5O6S2/c1-16(2)15-20(34)26(41-28-30-17-7-3-4-10-22(17)40-28)31-24(36)19-8-5-13-32-23(35)12-11-18(27(38)33(19)32)29-25(37)21-9-6-14-39-21/h3-4,6-7,9-10,14,16,18-19,26H,5,8,11-13,15H2,1-2H3,(H,29,37)(H,31,36)/t18?,19-,26?/m0/s1. The topological polar surface area (TPSA) is 142 Å². The number of furan rings is 1. The van der Waals surface area contributed by atoms with Crippen LogP contribution >= 0.6 is 23.1 Å². The molecule has 216 valence electrons. The summed E-state index contributed by atoms with van der Waals surface area (Å²) >= 11 is 2.61. The van der Waals surface area contributed by atoms with Crippen molar-refractivity contribution < 1.29 is 28.4 Å². The highest BCUT2D eigenvalue weighted by molar-refractivity contribution is 8.02. The molecule has 11 nitrogen and oxygen atoms in total. The minimum Gasteiger partial charge on any atom is -0.459 e. The highest BCUT2D eigenvalue weighted by Crippen LogP contribution is 2.33. The second-order valence-electron chi connectivity index (χ2n) is 10.4. The fraction of sp³-hybridized carbons (Fsp3) is 0.429. The van der Waals surface area contributed by atoms with Gasteiger partial charge in [0.25, 0.3) is 11.8 Å². The Bertz CT molecular complexity index is 1420. The molecule has 2 unspecified atom stereocenters. The summed E-state index contributed by atoms with van der Waals surface area (Å²) in [6.07, 6.45) is 2.53. The van der Waals surface area contributed by atoms with Crippen LogP contribution in [-0.2, 0) is 19.2 Å². The van der Waals surface area contributed by atoms with Crippen molar-refractivity contribution in [2.75, 3.05) is 6.54 Å². The Morgan fingerprint density at radius 1 is 1.15 bits per heavy atom. The van der Waals surface area contributed by atoms with Gasteiger partial charge < -0.3 is 15.1 Å². The van der Waals surface area contributed by atoms with Crippen molar-refractivity contribution in [3.63, 3.8) is 0 Å². The van der Waals surface area contributed by atoms with Crippen LogP contribution in [-0.4, -0.2) is 68.4 Å². The molecule has 13 heteroatoms. The van der Waals surface area contributed by atoms with Gasteiger partial charge in [0.2, 0.25) is 11.8 Å². The van der Waals surface area contributed by atoms with E-state index in [-0.39, 0.29) is 49.2 Å². The summed E-state index contributed by atoms with van der Waals surface area (Å²) in [5.41, 5.74) is 0.806. The van der Waals surface area contributed by atoms with Crippen LogP contribution in [0.15, 0.2) is 51.4 Å². The van der Waals surface area contributed by atoms with Crippen molar-refractivity contribution >= 4 is 62.7 Å². The van der Waals surface area contributed by atoms with E-state index in [1.54, 1.807) is 6.07 Å². The van der Waals surface area contributed by atoms with Crippen LogP contribution < -0.4 is 10.6 Å². The Hall–Kier alpha value is -3.71. The number of hydrogen-bond donors (Lipinski definition) is 2. The number of hydrogen-bond acceptors (Lipinski definition) is 9. The molecule has 2 saturated heterocycles. The maximum absolute atomic E-state index is 13.8. The fourth-order valence-corrected chi connectivity index (χ4v) is 7.16. The number of Topliss-reactive ketones (excluding diaryl/α,β-unsaturated/α-hetero) is 1. The number of aromatic nitrogens is 1. The number of rotatable bonds is 9. The number of thioether (sulfide) groups is 1. The number of carbonyl (C=O) groups is 5. The van der Waals surface area contributed by atoms with Crippen LogP contribution in [0.25, 0.3) is 10.2 Å². The molecule has 0 spiro atoms. The summed E-state index contributed by atoms with van der Waals surface area (Å²) in [4.78, 5) is 71.0. The molecule has 2 aliphatic heterocycles. The Balaban J connectivity index is 1.37. The maximum Gasteiger partial charge on any atom is 0.287 e. The Morgan fingerprint density at radius 3 is 2.68 bits per heavy atom. The quantitative estimate of drug-likeness (QED) is 0.283. The van der Waals surface area contributed by atoms with E-state index in [0.29, 0.717) is 17.2 Å². The highest BCUT2D eigenvalue weighted by Gasteiger charge is 2.45. The number of carbonyl (C=O) groups excluding carboxylic acids is 5. The average Bonchev–Trinajstić information content (AvgIpc) is 3.61. The number of hydrazine groups is 1. The lowest BCUT2D eigenvalue weighted by Crippen LogP contribution is -2.64. The minimum absolute atomic E-state index is 0.0304. The van der Waals surface area contributed by atoms with Crippen LogP contribution in [0.1, 0.15) is 56.5 Å². The molecule has 4 amide bonds. The van der Waals surface area contributed by atoms with Gasteiger partial charge in [0.15, 0.2) is 15.9 Å². The van der Waals surface area contributed by atoms with Crippen molar-refractivity contribution in [1.29, 1.82) is 0 Å². The van der Waals surface area contributed by atoms with Crippen molar-refractivity contribution in [2.24, 2.45) is 5.92 Å². The summed E-state index contributed by atoms with van der Waals surface area (Å²) in [6, 6.07) is 8.62. The molecule has 0 bridgehead atoms. The second kappa shape index (κ2) is 12.4. The molecule has 2 aromatic heterocycles. The van der Waals surface area contributed by atoms with Gasteiger partial charge in [-0.3, -0.25) is 29.0 Å². The van der Waals surface area contributed by atoms with Crippen LogP contribution in [0.4, 0.5) is 0 Å². The van der Waals surface area contributed by atoms with Crippen LogP contribution in [0, 0.1) is 5.92 Å².